The smallest absolute Gasteiger partial charge is 0.286 e. The Balaban J connectivity index is 1.79. The number of nitrogens with zero attached hydrogens (tertiary/aromatic N) is 3. The average molecular weight is 459 g/mol. The lowest BCUT2D eigenvalue weighted by atomic mass is 10.1. The zero-order chi connectivity index (χ0) is 23.8. The highest BCUT2D eigenvalue weighted by Crippen LogP contribution is 2.35. The van der Waals surface area contributed by atoms with Crippen molar-refractivity contribution in [1.82, 2.24) is 4.90 Å². The number of amides is 1. The minimum absolute atomic E-state index is 0.0196. The molecule has 0 saturated carbocycles. The summed E-state index contributed by atoms with van der Waals surface area (Å²) in [5.74, 6) is 0.829. The van der Waals surface area contributed by atoms with Gasteiger partial charge >= 0.3 is 0 Å². The molecule has 0 spiro atoms. The van der Waals surface area contributed by atoms with Gasteiger partial charge in [-0.05, 0) is 30.7 Å². The molecule has 0 aromatic heterocycles. The molecule has 2 aromatic carbocycles. The van der Waals surface area contributed by atoms with Gasteiger partial charge in [0.1, 0.15) is 17.9 Å². The number of rotatable bonds is 9. The Labute approximate surface area is 192 Å². The van der Waals surface area contributed by atoms with E-state index in [1.807, 2.05) is 24.3 Å². The molecule has 33 heavy (non-hydrogen) atoms. The fraction of sp³-hybridized carbons (Fsp3) is 0.435. The Kier molecular flexibility index (Phi) is 8.31. The maximum Gasteiger partial charge on any atom is 0.286 e. The lowest BCUT2D eigenvalue weighted by Gasteiger charge is -2.24. The van der Waals surface area contributed by atoms with Crippen LogP contribution in [-0.4, -0.2) is 76.5 Å². The third-order valence-corrected chi connectivity index (χ3v) is 5.47. The van der Waals surface area contributed by atoms with Crippen molar-refractivity contribution < 1.29 is 28.7 Å². The highest BCUT2D eigenvalue weighted by molar-refractivity contribution is 5.99. The first-order valence-electron chi connectivity index (χ1n) is 10.6. The third-order valence-electron chi connectivity index (χ3n) is 5.47. The lowest BCUT2D eigenvalue weighted by Crippen LogP contribution is -2.35. The second-order valence-electron chi connectivity index (χ2n) is 7.45. The summed E-state index contributed by atoms with van der Waals surface area (Å²) in [6, 6.07) is 10.4. The maximum atomic E-state index is 13.3. The van der Waals surface area contributed by atoms with E-state index in [-0.39, 0.29) is 29.4 Å². The Morgan fingerprint density at radius 1 is 0.970 bits per heavy atom. The summed E-state index contributed by atoms with van der Waals surface area (Å²) in [6.45, 7) is 2.84. The molecule has 10 nitrogen and oxygen atoms in total. The molecule has 0 bridgehead atoms. The number of carbonyl (C=O) groups excluding carboxylic acids is 1. The van der Waals surface area contributed by atoms with E-state index in [0.717, 1.165) is 24.4 Å². The first-order valence-corrected chi connectivity index (χ1v) is 10.6. The van der Waals surface area contributed by atoms with E-state index in [0.29, 0.717) is 26.2 Å². The molecule has 2 aromatic rings. The van der Waals surface area contributed by atoms with Crippen molar-refractivity contribution in [3.8, 4) is 17.2 Å². The van der Waals surface area contributed by atoms with Crippen LogP contribution in [0.3, 0.4) is 0 Å². The van der Waals surface area contributed by atoms with Gasteiger partial charge in [-0.1, -0.05) is 0 Å². The molecule has 1 saturated heterocycles. The molecular formula is C23H29N3O7. The SMILES string of the molecule is COCCOc1cc([N+](=O)[O-])c(C(=O)N2CCCN(c3ccc(OC)cc3)CC2)cc1OC. The minimum atomic E-state index is -0.572. The van der Waals surface area contributed by atoms with Crippen LogP contribution in [0.15, 0.2) is 36.4 Å². The standard InChI is InChI=1S/C23H29N3O7/c1-30-13-14-33-22-16-20(26(28)29)19(15-21(22)32-3)23(27)25-10-4-9-24(11-12-25)17-5-7-18(31-2)8-6-17/h5-8,15-16H,4,9-14H2,1-3H3. The van der Waals surface area contributed by atoms with Crippen molar-refractivity contribution in [2.45, 2.75) is 6.42 Å². The van der Waals surface area contributed by atoms with Gasteiger partial charge in [-0.3, -0.25) is 14.9 Å². The largest absolute Gasteiger partial charge is 0.497 e. The van der Waals surface area contributed by atoms with Crippen LogP contribution in [0, 0.1) is 10.1 Å². The molecule has 1 aliphatic heterocycles. The third kappa shape index (κ3) is 5.83. The van der Waals surface area contributed by atoms with Gasteiger partial charge in [0.25, 0.3) is 11.6 Å². The molecular weight excluding hydrogens is 430 g/mol. The second kappa shape index (κ2) is 11.4. The Morgan fingerprint density at radius 3 is 2.36 bits per heavy atom. The number of hydrogen-bond donors (Lipinski definition) is 0. The summed E-state index contributed by atoms with van der Waals surface area (Å²) in [5.41, 5.74) is 0.702. The monoisotopic (exact) mass is 459 g/mol. The summed E-state index contributed by atoms with van der Waals surface area (Å²) >= 11 is 0. The summed E-state index contributed by atoms with van der Waals surface area (Å²) < 4.78 is 21.0. The molecule has 1 heterocycles. The van der Waals surface area contributed by atoms with Crippen LogP contribution in [0.1, 0.15) is 16.8 Å². The molecule has 1 aliphatic rings. The summed E-state index contributed by atoms with van der Waals surface area (Å²) in [6.07, 6.45) is 0.737. The van der Waals surface area contributed by atoms with Crippen molar-refractivity contribution in [2.75, 3.05) is 65.6 Å². The van der Waals surface area contributed by atoms with Crippen molar-refractivity contribution in [2.24, 2.45) is 0 Å². The van der Waals surface area contributed by atoms with Gasteiger partial charge in [-0.2, -0.15) is 0 Å². The van der Waals surface area contributed by atoms with Crippen LogP contribution in [-0.2, 0) is 4.74 Å². The number of anilines is 1. The Bertz CT molecular complexity index is 965. The number of benzene rings is 2. The van der Waals surface area contributed by atoms with E-state index in [1.165, 1.54) is 26.4 Å². The van der Waals surface area contributed by atoms with Crippen molar-refractivity contribution in [3.05, 3.63) is 52.1 Å². The molecule has 3 rings (SSSR count). The van der Waals surface area contributed by atoms with Crippen LogP contribution >= 0.6 is 0 Å². The fourth-order valence-electron chi connectivity index (χ4n) is 3.72. The number of nitro benzene ring substituents is 1. The first-order chi connectivity index (χ1) is 16.0. The lowest BCUT2D eigenvalue weighted by molar-refractivity contribution is -0.385. The van der Waals surface area contributed by atoms with Gasteiger partial charge in [-0.25, -0.2) is 0 Å². The van der Waals surface area contributed by atoms with E-state index < -0.39 is 10.8 Å². The molecule has 10 heteroatoms. The molecule has 0 aliphatic carbocycles. The van der Waals surface area contributed by atoms with E-state index >= 15 is 0 Å². The molecule has 0 atom stereocenters. The topological polar surface area (TPSA) is 104 Å². The maximum absolute atomic E-state index is 13.3. The highest BCUT2D eigenvalue weighted by atomic mass is 16.6. The minimum Gasteiger partial charge on any atom is -0.497 e. The van der Waals surface area contributed by atoms with Crippen LogP contribution < -0.4 is 19.1 Å². The van der Waals surface area contributed by atoms with Crippen LogP contribution in [0.4, 0.5) is 11.4 Å². The summed E-state index contributed by atoms with van der Waals surface area (Å²) in [7, 11) is 4.58. The first kappa shape index (κ1) is 24.1. The van der Waals surface area contributed by atoms with Gasteiger partial charge < -0.3 is 28.7 Å². The second-order valence-corrected chi connectivity index (χ2v) is 7.45. The van der Waals surface area contributed by atoms with E-state index in [2.05, 4.69) is 4.90 Å². The molecule has 178 valence electrons. The predicted octanol–water partition coefficient (Wildman–Crippen LogP) is 2.99. The van der Waals surface area contributed by atoms with Crippen molar-refractivity contribution in [3.63, 3.8) is 0 Å². The van der Waals surface area contributed by atoms with E-state index in [1.54, 1.807) is 12.0 Å². The van der Waals surface area contributed by atoms with Crippen LogP contribution in [0.2, 0.25) is 0 Å². The zero-order valence-corrected chi connectivity index (χ0v) is 19.1. The van der Waals surface area contributed by atoms with Crippen LogP contribution in [0.25, 0.3) is 0 Å². The molecule has 1 fully saturated rings. The average Bonchev–Trinajstić information content (AvgIpc) is 3.10. The normalized spacial score (nSPS) is 13.9. The molecule has 0 unspecified atom stereocenters. The number of methoxy groups -OCH3 is 3. The quantitative estimate of drug-likeness (QED) is 0.320. The van der Waals surface area contributed by atoms with Crippen LogP contribution in [0.5, 0.6) is 17.2 Å². The number of nitro groups is 1. The zero-order valence-electron chi connectivity index (χ0n) is 19.1. The Hall–Kier alpha value is -3.53. The van der Waals surface area contributed by atoms with E-state index in [4.69, 9.17) is 18.9 Å². The molecule has 0 N–H and O–H groups in total. The van der Waals surface area contributed by atoms with Gasteiger partial charge in [0.05, 0.1) is 31.8 Å². The molecule has 0 radical (unpaired) electrons. The summed E-state index contributed by atoms with van der Waals surface area (Å²) in [4.78, 5) is 28.3. The van der Waals surface area contributed by atoms with Gasteiger partial charge in [0.15, 0.2) is 11.5 Å². The highest BCUT2D eigenvalue weighted by Gasteiger charge is 2.29. The van der Waals surface area contributed by atoms with Gasteiger partial charge in [0.2, 0.25) is 0 Å². The van der Waals surface area contributed by atoms with Crippen molar-refractivity contribution in [1.29, 1.82) is 0 Å². The van der Waals surface area contributed by atoms with Gasteiger partial charge in [0, 0.05) is 45.0 Å². The van der Waals surface area contributed by atoms with E-state index in [9.17, 15) is 14.9 Å². The number of ether oxygens (including phenoxy) is 4. The van der Waals surface area contributed by atoms with Crippen molar-refractivity contribution >= 4 is 17.3 Å². The summed E-state index contributed by atoms with van der Waals surface area (Å²) in [5, 5.41) is 11.7. The molecule has 1 amide bonds. The Morgan fingerprint density at radius 2 is 1.73 bits per heavy atom. The fourth-order valence-corrected chi connectivity index (χ4v) is 3.72. The predicted molar refractivity (Wildman–Crippen MR) is 123 cm³/mol. The number of hydrogen-bond acceptors (Lipinski definition) is 8. The number of carbonyl (C=O) groups is 1. The van der Waals surface area contributed by atoms with Gasteiger partial charge in [-0.15, -0.1) is 0 Å².